The molecule has 1 saturated heterocycles. The second-order valence-corrected chi connectivity index (χ2v) is 7.17. The maximum absolute atomic E-state index is 4.76. The molecule has 0 saturated carbocycles. The highest BCUT2D eigenvalue weighted by Gasteiger charge is 2.29. The maximum Gasteiger partial charge on any atom is 0.147 e. The molecule has 0 radical (unpaired) electrons. The van der Waals surface area contributed by atoms with Crippen LogP contribution in [-0.4, -0.2) is 29.6 Å². The summed E-state index contributed by atoms with van der Waals surface area (Å²) in [6.07, 6.45) is 7.43. The largest absolute Gasteiger partial charge is 0.355 e. The van der Waals surface area contributed by atoms with Gasteiger partial charge in [-0.25, -0.2) is 4.98 Å². The quantitative estimate of drug-likeness (QED) is 0.845. The second-order valence-electron chi connectivity index (χ2n) is 7.17. The summed E-state index contributed by atoms with van der Waals surface area (Å²) in [6, 6.07) is 0. The minimum atomic E-state index is 0.420. The molecule has 4 nitrogen and oxygen atoms in total. The van der Waals surface area contributed by atoms with Gasteiger partial charge in [-0.2, -0.15) is 0 Å². The zero-order valence-corrected chi connectivity index (χ0v) is 14.0. The number of hydrogen-bond donors (Lipinski definition) is 1. The Morgan fingerprint density at radius 3 is 2.57 bits per heavy atom. The van der Waals surface area contributed by atoms with Crippen molar-refractivity contribution in [1.82, 2.24) is 15.3 Å². The molecule has 4 heteroatoms. The SMILES string of the molecule is CCCNCc1cncc(N2CCC(C(C)(C)C)CC2)n1. The number of nitrogens with zero attached hydrogens (tertiary/aromatic N) is 3. The van der Waals surface area contributed by atoms with Gasteiger partial charge in [-0.1, -0.05) is 27.7 Å². The van der Waals surface area contributed by atoms with E-state index in [1.54, 1.807) is 0 Å². The first-order valence-corrected chi connectivity index (χ1v) is 8.27. The molecule has 2 rings (SSSR count). The van der Waals surface area contributed by atoms with Crippen molar-refractivity contribution < 1.29 is 0 Å². The van der Waals surface area contributed by atoms with Crippen LogP contribution < -0.4 is 10.2 Å². The van der Waals surface area contributed by atoms with Crippen molar-refractivity contribution in [3.63, 3.8) is 0 Å². The summed E-state index contributed by atoms with van der Waals surface area (Å²) in [4.78, 5) is 11.5. The monoisotopic (exact) mass is 290 g/mol. The van der Waals surface area contributed by atoms with Crippen molar-refractivity contribution in [3.05, 3.63) is 18.1 Å². The lowest BCUT2D eigenvalue weighted by atomic mass is 9.75. The van der Waals surface area contributed by atoms with E-state index in [0.717, 1.165) is 50.0 Å². The van der Waals surface area contributed by atoms with Gasteiger partial charge >= 0.3 is 0 Å². The lowest BCUT2D eigenvalue weighted by molar-refractivity contribution is 0.198. The molecule has 21 heavy (non-hydrogen) atoms. The van der Waals surface area contributed by atoms with Crippen molar-refractivity contribution in [2.45, 2.75) is 53.5 Å². The first-order chi connectivity index (χ1) is 10.0. The molecule has 0 spiro atoms. The molecular formula is C17H30N4. The van der Waals surface area contributed by atoms with Gasteiger partial charge in [0.25, 0.3) is 0 Å². The molecule has 0 aromatic carbocycles. The average molecular weight is 290 g/mol. The molecule has 1 aliphatic rings. The predicted molar refractivity (Wildman–Crippen MR) is 88.4 cm³/mol. The third kappa shape index (κ3) is 4.67. The Kier molecular flexibility index (Phi) is 5.57. The van der Waals surface area contributed by atoms with Gasteiger partial charge in [0, 0.05) is 25.8 Å². The van der Waals surface area contributed by atoms with E-state index in [4.69, 9.17) is 4.98 Å². The lowest BCUT2D eigenvalue weighted by Gasteiger charge is -2.39. The Bertz CT molecular complexity index is 431. The highest BCUT2D eigenvalue weighted by Crippen LogP contribution is 2.35. The van der Waals surface area contributed by atoms with Gasteiger partial charge in [0.1, 0.15) is 5.82 Å². The number of piperidine rings is 1. The first-order valence-electron chi connectivity index (χ1n) is 8.27. The van der Waals surface area contributed by atoms with Gasteiger partial charge in [-0.05, 0) is 37.1 Å². The third-order valence-corrected chi connectivity index (χ3v) is 4.45. The van der Waals surface area contributed by atoms with E-state index in [1.807, 2.05) is 12.4 Å². The van der Waals surface area contributed by atoms with E-state index >= 15 is 0 Å². The molecule has 118 valence electrons. The van der Waals surface area contributed by atoms with Crippen molar-refractivity contribution in [1.29, 1.82) is 0 Å². The van der Waals surface area contributed by atoms with E-state index in [9.17, 15) is 0 Å². The minimum Gasteiger partial charge on any atom is -0.355 e. The van der Waals surface area contributed by atoms with Crippen LogP contribution in [0.15, 0.2) is 12.4 Å². The average Bonchev–Trinajstić information content (AvgIpc) is 2.47. The minimum absolute atomic E-state index is 0.420. The number of aromatic nitrogens is 2. The summed E-state index contributed by atoms with van der Waals surface area (Å²) in [6.45, 7) is 13.3. The summed E-state index contributed by atoms with van der Waals surface area (Å²) in [7, 11) is 0. The molecule has 1 N–H and O–H groups in total. The Labute approximate surface area is 129 Å². The van der Waals surface area contributed by atoms with Crippen LogP contribution in [-0.2, 0) is 6.54 Å². The Morgan fingerprint density at radius 2 is 1.95 bits per heavy atom. The molecule has 1 aliphatic heterocycles. The van der Waals surface area contributed by atoms with Gasteiger partial charge < -0.3 is 10.2 Å². The first kappa shape index (κ1) is 16.2. The summed E-state index contributed by atoms with van der Waals surface area (Å²) in [5, 5.41) is 3.39. The summed E-state index contributed by atoms with van der Waals surface area (Å²) in [5.41, 5.74) is 1.46. The van der Waals surface area contributed by atoms with E-state index < -0.39 is 0 Å². The highest BCUT2D eigenvalue weighted by molar-refractivity contribution is 5.36. The van der Waals surface area contributed by atoms with Crippen LogP contribution in [0.3, 0.4) is 0 Å². The maximum atomic E-state index is 4.76. The molecule has 0 aliphatic carbocycles. The standard InChI is InChI=1S/C17H30N4/c1-5-8-18-11-15-12-19-13-16(20-15)21-9-6-14(7-10-21)17(2,3)4/h12-14,18H,5-11H2,1-4H3. The molecule has 0 unspecified atom stereocenters. The van der Waals surface area contributed by atoms with Crippen LogP contribution in [0.5, 0.6) is 0 Å². The van der Waals surface area contributed by atoms with Gasteiger partial charge in [0.2, 0.25) is 0 Å². The molecular weight excluding hydrogens is 260 g/mol. The molecule has 0 atom stereocenters. The fraction of sp³-hybridized carbons (Fsp3) is 0.765. The zero-order valence-electron chi connectivity index (χ0n) is 14.0. The highest BCUT2D eigenvalue weighted by atomic mass is 15.2. The summed E-state index contributed by atoms with van der Waals surface area (Å²) < 4.78 is 0. The van der Waals surface area contributed by atoms with Crippen LogP contribution >= 0.6 is 0 Å². The Morgan fingerprint density at radius 1 is 1.24 bits per heavy atom. The molecule has 1 aromatic heterocycles. The van der Waals surface area contributed by atoms with E-state index in [-0.39, 0.29) is 0 Å². The Balaban J connectivity index is 1.92. The molecule has 2 heterocycles. The van der Waals surface area contributed by atoms with Crippen LogP contribution in [0.1, 0.15) is 52.7 Å². The number of rotatable bonds is 5. The topological polar surface area (TPSA) is 41.1 Å². The van der Waals surface area contributed by atoms with Crippen molar-refractivity contribution in [2.75, 3.05) is 24.5 Å². The van der Waals surface area contributed by atoms with Crippen LogP contribution in [0.2, 0.25) is 0 Å². The van der Waals surface area contributed by atoms with Crippen LogP contribution in [0.4, 0.5) is 5.82 Å². The van der Waals surface area contributed by atoms with Crippen molar-refractivity contribution in [2.24, 2.45) is 11.3 Å². The summed E-state index contributed by atoms with van der Waals surface area (Å²) >= 11 is 0. The lowest BCUT2D eigenvalue weighted by Crippen LogP contribution is -2.38. The fourth-order valence-electron chi connectivity index (χ4n) is 3.00. The van der Waals surface area contributed by atoms with Gasteiger partial charge in [0.15, 0.2) is 0 Å². The van der Waals surface area contributed by atoms with Gasteiger partial charge in [-0.3, -0.25) is 4.98 Å². The van der Waals surface area contributed by atoms with Crippen molar-refractivity contribution in [3.8, 4) is 0 Å². The zero-order chi connectivity index (χ0) is 15.3. The fourth-order valence-corrected chi connectivity index (χ4v) is 3.00. The van der Waals surface area contributed by atoms with Crippen molar-refractivity contribution >= 4 is 5.82 Å². The molecule has 0 amide bonds. The second kappa shape index (κ2) is 7.21. The predicted octanol–water partition coefficient (Wildman–Crippen LogP) is 3.24. The van der Waals surface area contributed by atoms with Gasteiger partial charge in [0.05, 0.1) is 11.9 Å². The number of anilines is 1. The van der Waals surface area contributed by atoms with E-state index in [0.29, 0.717) is 5.41 Å². The number of hydrogen-bond acceptors (Lipinski definition) is 4. The normalized spacial score (nSPS) is 17.2. The smallest absolute Gasteiger partial charge is 0.147 e. The Hall–Kier alpha value is -1.16. The molecule has 1 aromatic rings. The van der Waals surface area contributed by atoms with Crippen LogP contribution in [0.25, 0.3) is 0 Å². The van der Waals surface area contributed by atoms with E-state index in [2.05, 4.69) is 42.9 Å². The van der Waals surface area contributed by atoms with Crippen LogP contribution in [0, 0.1) is 11.3 Å². The third-order valence-electron chi connectivity index (χ3n) is 4.45. The molecule has 1 fully saturated rings. The molecule has 0 bridgehead atoms. The van der Waals surface area contributed by atoms with Gasteiger partial charge in [-0.15, -0.1) is 0 Å². The summed E-state index contributed by atoms with van der Waals surface area (Å²) in [5.74, 6) is 1.86. The van der Waals surface area contributed by atoms with E-state index in [1.165, 1.54) is 12.8 Å². The number of nitrogens with one attached hydrogen (secondary N) is 1.